The van der Waals surface area contributed by atoms with Gasteiger partial charge >= 0.3 is 0 Å². The number of nitrogens with one attached hydrogen (secondary N) is 1. The maximum Gasteiger partial charge on any atom is 0.251 e. The van der Waals surface area contributed by atoms with Gasteiger partial charge in [-0.15, -0.1) is 0 Å². The molecule has 0 saturated heterocycles. The van der Waals surface area contributed by atoms with Gasteiger partial charge in [0.15, 0.2) is 0 Å². The van der Waals surface area contributed by atoms with Crippen molar-refractivity contribution in [1.29, 1.82) is 0 Å². The van der Waals surface area contributed by atoms with Gasteiger partial charge in [-0.1, -0.05) is 28.9 Å². The Labute approximate surface area is 116 Å². The Balaban J connectivity index is 2.39. The lowest BCUT2D eigenvalue weighted by Crippen LogP contribution is -2.25. The van der Waals surface area contributed by atoms with Gasteiger partial charge in [0.05, 0.1) is 0 Å². The molecule has 2 nitrogen and oxygen atoms in total. The first kappa shape index (κ1) is 15.2. The number of amides is 1. The van der Waals surface area contributed by atoms with E-state index in [9.17, 15) is 9.18 Å². The van der Waals surface area contributed by atoms with Crippen molar-refractivity contribution >= 4 is 21.8 Å². The number of halogens is 2. The molecule has 1 aromatic carbocycles. The average molecular weight is 316 g/mol. The van der Waals surface area contributed by atoms with Crippen LogP contribution in [0, 0.1) is 18.7 Å². The van der Waals surface area contributed by atoms with Crippen LogP contribution in [0.5, 0.6) is 0 Å². The molecule has 0 heterocycles. The molecule has 1 rings (SSSR count). The van der Waals surface area contributed by atoms with Crippen LogP contribution in [0.4, 0.5) is 4.39 Å². The van der Waals surface area contributed by atoms with Gasteiger partial charge in [-0.3, -0.25) is 4.79 Å². The fourth-order valence-electron chi connectivity index (χ4n) is 1.57. The second-order valence-corrected chi connectivity index (χ2v) is 5.27. The highest BCUT2D eigenvalue weighted by atomic mass is 79.9. The number of hydrogen-bond donors (Lipinski definition) is 1. The molecule has 0 aliphatic heterocycles. The molecule has 4 heteroatoms. The van der Waals surface area contributed by atoms with Gasteiger partial charge < -0.3 is 5.32 Å². The van der Waals surface area contributed by atoms with Crippen molar-refractivity contribution < 1.29 is 9.18 Å². The summed E-state index contributed by atoms with van der Waals surface area (Å²) in [5.41, 5.74) is 0.935. The van der Waals surface area contributed by atoms with Gasteiger partial charge in [0.25, 0.3) is 5.91 Å². The first-order chi connectivity index (χ1) is 8.54. The zero-order valence-electron chi connectivity index (χ0n) is 10.8. The average Bonchev–Trinajstić information content (AvgIpc) is 2.37. The number of benzene rings is 1. The largest absolute Gasteiger partial charge is 0.352 e. The van der Waals surface area contributed by atoms with E-state index in [1.54, 1.807) is 19.1 Å². The SMILES string of the molecule is Cc1ccc(C(=O)NCCCC(C)CBr)cc1F. The number of alkyl halides is 1. The number of aryl methyl sites for hydroxylation is 1. The molecule has 0 aliphatic carbocycles. The Morgan fingerprint density at radius 1 is 1.50 bits per heavy atom. The normalized spacial score (nSPS) is 12.2. The predicted molar refractivity (Wildman–Crippen MR) is 75.7 cm³/mol. The third kappa shape index (κ3) is 4.77. The lowest BCUT2D eigenvalue weighted by molar-refractivity contribution is 0.0952. The quantitative estimate of drug-likeness (QED) is 0.629. The van der Waals surface area contributed by atoms with E-state index in [-0.39, 0.29) is 11.7 Å². The summed E-state index contributed by atoms with van der Waals surface area (Å²) in [6.45, 7) is 4.47. The summed E-state index contributed by atoms with van der Waals surface area (Å²) < 4.78 is 13.3. The van der Waals surface area contributed by atoms with Crippen molar-refractivity contribution in [2.75, 3.05) is 11.9 Å². The second-order valence-electron chi connectivity index (χ2n) is 4.62. The third-order valence-corrected chi connectivity index (χ3v) is 3.96. The van der Waals surface area contributed by atoms with Crippen LogP contribution >= 0.6 is 15.9 Å². The van der Waals surface area contributed by atoms with Crippen molar-refractivity contribution in [2.24, 2.45) is 5.92 Å². The Bertz CT molecular complexity index is 409. The molecule has 0 aliphatic rings. The van der Waals surface area contributed by atoms with Crippen molar-refractivity contribution in [2.45, 2.75) is 26.7 Å². The Morgan fingerprint density at radius 3 is 2.83 bits per heavy atom. The summed E-state index contributed by atoms with van der Waals surface area (Å²) in [6, 6.07) is 4.55. The van der Waals surface area contributed by atoms with Crippen LogP contribution in [0.1, 0.15) is 35.7 Å². The van der Waals surface area contributed by atoms with E-state index in [0.29, 0.717) is 23.6 Å². The minimum atomic E-state index is -0.337. The van der Waals surface area contributed by atoms with E-state index >= 15 is 0 Å². The van der Waals surface area contributed by atoms with Crippen LogP contribution < -0.4 is 5.32 Å². The van der Waals surface area contributed by atoms with Crippen LogP contribution in [0.2, 0.25) is 0 Å². The summed E-state index contributed by atoms with van der Waals surface area (Å²) in [7, 11) is 0. The monoisotopic (exact) mass is 315 g/mol. The molecule has 1 unspecified atom stereocenters. The van der Waals surface area contributed by atoms with Crippen LogP contribution in [0.3, 0.4) is 0 Å². The fourth-order valence-corrected chi connectivity index (χ4v) is 1.89. The first-order valence-electron chi connectivity index (χ1n) is 6.15. The van der Waals surface area contributed by atoms with E-state index in [4.69, 9.17) is 0 Å². The summed E-state index contributed by atoms with van der Waals surface area (Å²) in [5, 5.41) is 3.78. The van der Waals surface area contributed by atoms with E-state index < -0.39 is 0 Å². The zero-order chi connectivity index (χ0) is 13.5. The molecule has 1 amide bonds. The summed E-state index contributed by atoms with van der Waals surface area (Å²) >= 11 is 3.42. The Morgan fingerprint density at radius 2 is 2.22 bits per heavy atom. The molecule has 0 aromatic heterocycles. The van der Waals surface area contributed by atoms with E-state index in [2.05, 4.69) is 28.2 Å². The van der Waals surface area contributed by atoms with E-state index in [1.165, 1.54) is 6.07 Å². The number of carbonyl (C=O) groups excluding carboxylic acids is 1. The van der Waals surface area contributed by atoms with Crippen molar-refractivity contribution in [3.05, 3.63) is 35.1 Å². The molecule has 1 N–H and O–H groups in total. The molecule has 1 atom stereocenters. The van der Waals surface area contributed by atoms with Gasteiger partial charge in [-0.05, 0) is 43.4 Å². The van der Waals surface area contributed by atoms with Crippen molar-refractivity contribution in [3.63, 3.8) is 0 Å². The van der Waals surface area contributed by atoms with Crippen LogP contribution in [0.25, 0.3) is 0 Å². The predicted octanol–water partition coefficient (Wildman–Crippen LogP) is 3.68. The van der Waals surface area contributed by atoms with Crippen LogP contribution in [-0.4, -0.2) is 17.8 Å². The van der Waals surface area contributed by atoms with E-state index in [0.717, 1.165) is 18.2 Å². The molecular weight excluding hydrogens is 297 g/mol. The van der Waals surface area contributed by atoms with Crippen molar-refractivity contribution in [1.82, 2.24) is 5.32 Å². The Kier molecular flexibility index (Phi) is 6.33. The lowest BCUT2D eigenvalue weighted by Gasteiger charge is -2.08. The molecule has 0 bridgehead atoms. The van der Waals surface area contributed by atoms with Gasteiger partial charge in [0.2, 0.25) is 0 Å². The van der Waals surface area contributed by atoms with Crippen LogP contribution in [0.15, 0.2) is 18.2 Å². The molecule has 0 spiro atoms. The third-order valence-electron chi connectivity index (χ3n) is 2.86. The number of carbonyl (C=O) groups is 1. The first-order valence-corrected chi connectivity index (χ1v) is 7.27. The molecular formula is C14H19BrFNO. The molecule has 0 fully saturated rings. The zero-order valence-corrected chi connectivity index (χ0v) is 12.4. The highest BCUT2D eigenvalue weighted by Gasteiger charge is 2.07. The van der Waals surface area contributed by atoms with Gasteiger partial charge in [0, 0.05) is 17.4 Å². The smallest absolute Gasteiger partial charge is 0.251 e. The van der Waals surface area contributed by atoms with Crippen molar-refractivity contribution in [3.8, 4) is 0 Å². The molecule has 0 radical (unpaired) electrons. The van der Waals surface area contributed by atoms with Gasteiger partial charge in [-0.25, -0.2) is 4.39 Å². The maximum absolute atomic E-state index is 13.3. The van der Waals surface area contributed by atoms with E-state index in [1.807, 2.05) is 0 Å². The van der Waals surface area contributed by atoms with Gasteiger partial charge in [0.1, 0.15) is 5.82 Å². The molecule has 18 heavy (non-hydrogen) atoms. The van der Waals surface area contributed by atoms with Gasteiger partial charge in [-0.2, -0.15) is 0 Å². The highest BCUT2D eigenvalue weighted by Crippen LogP contribution is 2.10. The summed E-state index contributed by atoms with van der Waals surface area (Å²) in [5.74, 6) is 0.0645. The highest BCUT2D eigenvalue weighted by molar-refractivity contribution is 9.09. The topological polar surface area (TPSA) is 29.1 Å². The van der Waals surface area contributed by atoms with Crippen LogP contribution in [-0.2, 0) is 0 Å². The fraction of sp³-hybridized carbons (Fsp3) is 0.500. The molecule has 1 aromatic rings. The molecule has 100 valence electrons. The summed E-state index contributed by atoms with van der Waals surface area (Å²) in [6.07, 6.45) is 2.00. The standard InChI is InChI=1S/C14H19BrFNO/c1-10(9-15)4-3-7-17-14(18)12-6-5-11(2)13(16)8-12/h5-6,8,10H,3-4,7,9H2,1-2H3,(H,17,18). The lowest BCUT2D eigenvalue weighted by atomic mass is 10.1. The summed E-state index contributed by atoms with van der Waals surface area (Å²) in [4.78, 5) is 11.7. The minimum Gasteiger partial charge on any atom is -0.352 e. The maximum atomic E-state index is 13.3. The molecule has 0 saturated carbocycles. The minimum absolute atomic E-state index is 0.208. The number of rotatable bonds is 6. The Hall–Kier alpha value is -0.900. The second kappa shape index (κ2) is 7.52. The number of hydrogen-bond acceptors (Lipinski definition) is 1.